The van der Waals surface area contributed by atoms with Crippen molar-refractivity contribution in [2.75, 3.05) is 0 Å². The minimum Gasteiger partial charge on any atom is -0.504 e. The third-order valence-electron chi connectivity index (χ3n) is 2.56. The maximum atomic E-state index is 13.0. The lowest BCUT2D eigenvalue weighted by atomic mass is 10.2. The minimum atomic E-state index is -0.261. The Morgan fingerprint density at radius 3 is 2.69 bits per heavy atom. The van der Waals surface area contributed by atoms with Crippen molar-refractivity contribution >= 4 is 0 Å². The maximum Gasteiger partial charge on any atom is 0.159 e. The highest BCUT2D eigenvalue weighted by atomic mass is 19.1. The predicted octanol–water partition coefficient (Wildman–Crippen LogP) is 2.39. The number of hydrogen-bond donors (Lipinski definition) is 1. The van der Waals surface area contributed by atoms with Crippen molar-refractivity contribution < 1.29 is 9.50 Å². The average molecular weight is 220 g/mol. The van der Waals surface area contributed by atoms with Gasteiger partial charge in [-0.15, -0.1) is 0 Å². The molecule has 0 aliphatic carbocycles. The first kappa shape index (κ1) is 10.7. The third kappa shape index (κ3) is 1.91. The molecule has 4 heteroatoms. The molecule has 0 aliphatic heterocycles. The minimum absolute atomic E-state index is 0.205. The molecule has 0 unspecified atom stereocenters. The molecular formula is C12H13FN2O. The first-order chi connectivity index (χ1) is 7.58. The van der Waals surface area contributed by atoms with Crippen LogP contribution in [0.1, 0.15) is 17.0 Å². The molecule has 16 heavy (non-hydrogen) atoms. The Morgan fingerprint density at radius 1 is 1.38 bits per heavy atom. The molecule has 3 nitrogen and oxygen atoms in total. The summed E-state index contributed by atoms with van der Waals surface area (Å²) >= 11 is 0. The lowest BCUT2D eigenvalue weighted by Gasteiger charge is -2.04. The average Bonchev–Trinajstić information content (AvgIpc) is 2.47. The number of halogens is 1. The highest BCUT2D eigenvalue weighted by Crippen LogP contribution is 2.20. The van der Waals surface area contributed by atoms with E-state index < -0.39 is 0 Å². The van der Waals surface area contributed by atoms with Crippen LogP contribution >= 0.6 is 0 Å². The van der Waals surface area contributed by atoms with E-state index in [1.165, 1.54) is 12.1 Å². The zero-order valence-corrected chi connectivity index (χ0v) is 9.24. The monoisotopic (exact) mass is 220 g/mol. The summed E-state index contributed by atoms with van der Waals surface area (Å²) in [6.07, 6.45) is 0. The Kier molecular flexibility index (Phi) is 2.64. The molecule has 0 aliphatic rings. The Labute approximate surface area is 93.2 Å². The smallest absolute Gasteiger partial charge is 0.159 e. The van der Waals surface area contributed by atoms with Crippen LogP contribution in [0.4, 0.5) is 4.39 Å². The first-order valence-corrected chi connectivity index (χ1v) is 5.05. The van der Waals surface area contributed by atoms with Crippen molar-refractivity contribution in [1.29, 1.82) is 0 Å². The van der Waals surface area contributed by atoms with Crippen LogP contribution in [0.25, 0.3) is 0 Å². The van der Waals surface area contributed by atoms with Crippen LogP contribution in [-0.2, 0) is 6.54 Å². The first-order valence-electron chi connectivity index (χ1n) is 5.05. The normalized spacial score (nSPS) is 10.7. The summed E-state index contributed by atoms with van der Waals surface area (Å²) in [5.74, 6) is -0.0559. The summed E-state index contributed by atoms with van der Waals surface area (Å²) in [6, 6.07) is 6.36. The van der Waals surface area contributed by atoms with Gasteiger partial charge in [-0.3, -0.25) is 4.68 Å². The zero-order valence-electron chi connectivity index (χ0n) is 9.24. The van der Waals surface area contributed by atoms with Gasteiger partial charge in [0.05, 0.1) is 12.2 Å². The molecular weight excluding hydrogens is 207 g/mol. The number of hydrogen-bond acceptors (Lipinski definition) is 2. The summed E-state index contributed by atoms with van der Waals surface area (Å²) in [4.78, 5) is 0. The second-order valence-corrected chi connectivity index (χ2v) is 3.81. The van der Waals surface area contributed by atoms with Gasteiger partial charge < -0.3 is 5.11 Å². The zero-order chi connectivity index (χ0) is 11.7. The molecule has 2 rings (SSSR count). The fourth-order valence-electron chi connectivity index (χ4n) is 1.65. The largest absolute Gasteiger partial charge is 0.504 e. The molecule has 1 N–H and O–H groups in total. The molecule has 0 bridgehead atoms. The van der Waals surface area contributed by atoms with Crippen LogP contribution in [0.5, 0.6) is 5.75 Å². The second kappa shape index (κ2) is 3.96. The Hall–Kier alpha value is -1.84. The van der Waals surface area contributed by atoms with E-state index in [0.29, 0.717) is 17.9 Å². The topological polar surface area (TPSA) is 38.0 Å². The van der Waals surface area contributed by atoms with Gasteiger partial charge in [-0.25, -0.2) is 4.39 Å². The van der Waals surface area contributed by atoms with Crippen molar-refractivity contribution in [2.24, 2.45) is 0 Å². The van der Waals surface area contributed by atoms with E-state index in [0.717, 1.165) is 5.56 Å². The number of aryl methyl sites for hydroxylation is 1. The lowest BCUT2D eigenvalue weighted by Crippen LogP contribution is -2.04. The third-order valence-corrected chi connectivity index (χ3v) is 2.56. The molecule has 0 saturated carbocycles. The quantitative estimate of drug-likeness (QED) is 0.843. The van der Waals surface area contributed by atoms with Crippen LogP contribution in [0.15, 0.2) is 24.3 Å². The van der Waals surface area contributed by atoms with Crippen molar-refractivity contribution in [3.63, 3.8) is 0 Å². The van der Waals surface area contributed by atoms with Gasteiger partial charge >= 0.3 is 0 Å². The van der Waals surface area contributed by atoms with Gasteiger partial charge in [0.25, 0.3) is 0 Å². The standard InChI is InChI=1S/C12H13FN2O/c1-8-12(16)9(2)15(14-8)7-10-4-3-5-11(13)6-10/h3-6,16H,7H2,1-2H3. The van der Waals surface area contributed by atoms with E-state index in [1.807, 2.05) is 6.07 Å². The van der Waals surface area contributed by atoms with Crippen LogP contribution in [0.3, 0.4) is 0 Å². The lowest BCUT2D eigenvalue weighted by molar-refractivity contribution is 0.465. The van der Waals surface area contributed by atoms with E-state index in [2.05, 4.69) is 5.10 Å². The number of nitrogens with zero attached hydrogens (tertiary/aromatic N) is 2. The van der Waals surface area contributed by atoms with Gasteiger partial charge in [-0.1, -0.05) is 12.1 Å². The summed E-state index contributed by atoms with van der Waals surface area (Å²) < 4.78 is 14.6. The molecule has 1 aromatic carbocycles. The maximum absolute atomic E-state index is 13.0. The van der Waals surface area contributed by atoms with Gasteiger partial charge in [-0.2, -0.15) is 5.10 Å². The summed E-state index contributed by atoms with van der Waals surface area (Å²) in [6.45, 7) is 3.99. The van der Waals surface area contributed by atoms with Crippen molar-refractivity contribution in [3.8, 4) is 5.75 Å². The Bertz CT molecular complexity index is 520. The van der Waals surface area contributed by atoms with Gasteiger partial charge in [0.2, 0.25) is 0 Å². The number of aromatic nitrogens is 2. The molecule has 0 atom stereocenters. The number of rotatable bonds is 2. The van der Waals surface area contributed by atoms with Crippen molar-refractivity contribution in [2.45, 2.75) is 20.4 Å². The van der Waals surface area contributed by atoms with E-state index in [4.69, 9.17) is 0 Å². The molecule has 1 heterocycles. The molecule has 0 spiro atoms. The van der Waals surface area contributed by atoms with E-state index in [-0.39, 0.29) is 11.6 Å². The molecule has 1 aromatic heterocycles. The molecule has 2 aromatic rings. The van der Waals surface area contributed by atoms with Gasteiger partial charge in [-0.05, 0) is 31.5 Å². The number of aromatic hydroxyl groups is 1. The van der Waals surface area contributed by atoms with Crippen molar-refractivity contribution in [3.05, 3.63) is 47.0 Å². The van der Waals surface area contributed by atoms with Crippen LogP contribution in [0.2, 0.25) is 0 Å². The van der Waals surface area contributed by atoms with Crippen LogP contribution in [-0.4, -0.2) is 14.9 Å². The highest BCUT2D eigenvalue weighted by Gasteiger charge is 2.09. The van der Waals surface area contributed by atoms with Crippen molar-refractivity contribution in [1.82, 2.24) is 9.78 Å². The second-order valence-electron chi connectivity index (χ2n) is 3.81. The van der Waals surface area contributed by atoms with Crippen LogP contribution < -0.4 is 0 Å². The summed E-state index contributed by atoms with van der Waals surface area (Å²) in [5.41, 5.74) is 2.11. The summed E-state index contributed by atoms with van der Waals surface area (Å²) in [5, 5.41) is 13.8. The molecule has 0 saturated heterocycles. The SMILES string of the molecule is Cc1nn(Cc2cccc(F)c2)c(C)c1O. The molecule has 0 fully saturated rings. The fraction of sp³-hybridized carbons (Fsp3) is 0.250. The molecule has 0 radical (unpaired) electrons. The van der Waals surface area contributed by atoms with Crippen LogP contribution in [0, 0.1) is 19.7 Å². The van der Waals surface area contributed by atoms with Gasteiger partial charge in [0.1, 0.15) is 11.5 Å². The Balaban J connectivity index is 2.30. The Morgan fingerprint density at radius 2 is 2.12 bits per heavy atom. The van der Waals surface area contributed by atoms with Gasteiger partial charge in [0, 0.05) is 0 Å². The van der Waals surface area contributed by atoms with Gasteiger partial charge in [0.15, 0.2) is 5.75 Å². The fourth-order valence-corrected chi connectivity index (χ4v) is 1.65. The molecule has 0 amide bonds. The summed E-state index contributed by atoms with van der Waals surface area (Å²) in [7, 11) is 0. The molecule has 84 valence electrons. The predicted molar refractivity (Wildman–Crippen MR) is 58.9 cm³/mol. The van der Waals surface area contributed by atoms with E-state index >= 15 is 0 Å². The highest BCUT2D eigenvalue weighted by molar-refractivity contribution is 5.30. The number of benzene rings is 1. The van der Waals surface area contributed by atoms with E-state index in [9.17, 15) is 9.50 Å². The van der Waals surface area contributed by atoms with E-state index in [1.54, 1.807) is 24.6 Å².